The van der Waals surface area contributed by atoms with Gasteiger partial charge in [-0.1, -0.05) is 22.9 Å². The predicted octanol–water partition coefficient (Wildman–Crippen LogP) is 3.05. The summed E-state index contributed by atoms with van der Waals surface area (Å²) in [6.45, 7) is 6.29. The molecule has 12 heavy (non-hydrogen) atoms. The average Bonchev–Trinajstić information content (AvgIpc) is 2.52. The zero-order chi connectivity index (χ0) is 9.19. The molecule has 0 radical (unpaired) electrons. The first-order valence-corrected chi connectivity index (χ1v) is 5.75. The normalized spacial score (nSPS) is 12.0. The molecule has 2 nitrogen and oxygen atoms in total. The Morgan fingerprint density at radius 3 is 2.83 bits per heavy atom. The lowest BCUT2D eigenvalue weighted by molar-refractivity contribution is 0.411. The third kappa shape index (κ3) is 1.80. The van der Waals surface area contributed by atoms with Gasteiger partial charge in [0.2, 0.25) is 0 Å². The zero-order valence-electron chi connectivity index (χ0n) is 7.50. The van der Waals surface area contributed by atoms with Gasteiger partial charge in [0.15, 0.2) is 0 Å². The van der Waals surface area contributed by atoms with Gasteiger partial charge in [0.25, 0.3) is 0 Å². The van der Waals surface area contributed by atoms with Gasteiger partial charge in [-0.2, -0.15) is 0 Å². The molecule has 0 saturated carbocycles. The molecule has 0 aromatic carbocycles. The molecule has 1 aromatic heterocycles. The molecule has 0 N–H and O–H groups in total. The lowest BCUT2D eigenvalue weighted by Gasteiger charge is -2.19. The van der Waals surface area contributed by atoms with Gasteiger partial charge in [0.05, 0.1) is 10.4 Å². The smallest absolute Gasteiger partial charge is 0.128 e. The average molecular weight is 203 g/mol. The van der Waals surface area contributed by atoms with E-state index in [0.717, 1.165) is 17.7 Å². The third-order valence-corrected chi connectivity index (χ3v) is 3.90. The number of rotatable bonds is 3. The molecule has 0 aliphatic rings. The molecule has 0 atom stereocenters. The van der Waals surface area contributed by atoms with E-state index < -0.39 is 0 Å². The molecule has 0 fully saturated rings. The molecule has 68 valence electrons. The summed E-state index contributed by atoms with van der Waals surface area (Å²) in [5, 5.41) is 3.93. The Morgan fingerprint density at radius 2 is 2.33 bits per heavy atom. The maximum atomic E-state index is 4.93. The standard InChI is InChI=1S/C8H13NOS2/c1-4-7-6(5-10-9-7)8(2,3)12-11/h5,11H,4H2,1-3H3. The first-order chi connectivity index (χ1) is 5.61. The van der Waals surface area contributed by atoms with E-state index in [2.05, 4.69) is 37.6 Å². The molecule has 0 spiro atoms. The van der Waals surface area contributed by atoms with Gasteiger partial charge in [-0.3, -0.25) is 0 Å². The van der Waals surface area contributed by atoms with Gasteiger partial charge in [-0.25, -0.2) is 0 Å². The topological polar surface area (TPSA) is 26.0 Å². The maximum absolute atomic E-state index is 4.93. The van der Waals surface area contributed by atoms with Crippen LogP contribution in [-0.2, 0) is 11.2 Å². The number of aryl methyl sites for hydroxylation is 1. The Morgan fingerprint density at radius 1 is 1.67 bits per heavy atom. The molecule has 1 aromatic rings. The van der Waals surface area contributed by atoms with Crippen LogP contribution in [-0.4, -0.2) is 5.16 Å². The molecular formula is C8H13NOS2. The zero-order valence-corrected chi connectivity index (χ0v) is 9.21. The molecule has 0 aliphatic heterocycles. The van der Waals surface area contributed by atoms with Crippen molar-refractivity contribution in [1.82, 2.24) is 5.16 Å². The molecule has 4 heteroatoms. The lowest BCUT2D eigenvalue weighted by atomic mass is 10.0. The van der Waals surface area contributed by atoms with Crippen LogP contribution in [0.5, 0.6) is 0 Å². The van der Waals surface area contributed by atoms with Gasteiger partial charge in [-0.05, 0) is 20.3 Å². The molecule has 0 aliphatic carbocycles. The van der Waals surface area contributed by atoms with E-state index in [0.29, 0.717) is 0 Å². The first kappa shape index (κ1) is 9.99. The second kappa shape index (κ2) is 3.75. The summed E-state index contributed by atoms with van der Waals surface area (Å²) in [5.41, 5.74) is 2.17. The highest BCUT2D eigenvalue weighted by Crippen LogP contribution is 2.39. The number of hydrogen-bond acceptors (Lipinski definition) is 4. The summed E-state index contributed by atoms with van der Waals surface area (Å²) in [5.74, 6) is 0. The Labute approximate surface area is 81.9 Å². The Hall–Kier alpha value is -0.0900. The summed E-state index contributed by atoms with van der Waals surface area (Å²) in [7, 11) is 1.51. The quantitative estimate of drug-likeness (QED) is 0.604. The number of thiol groups is 1. The highest BCUT2D eigenvalue weighted by atomic mass is 33.1. The summed E-state index contributed by atoms with van der Waals surface area (Å²) in [6, 6.07) is 0. The molecule has 0 amide bonds. The van der Waals surface area contributed by atoms with Gasteiger partial charge >= 0.3 is 0 Å². The van der Waals surface area contributed by atoms with Gasteiger partial charge in [-0.15, -0.1) is 11.7 Å². The van der Waals surface area contributed by atoms with Crippen LogP contribution in [0.3, 0.4) is 0 Å². The van der Waals surface area contributed by atoms with Crippen LogP contribution in [0.1, 0.15) is 32.0 Å². The fourth-order valence-corrected chi connectivity index (χ4v) is 1.61. The van der Waals surface area contributed by atoms with E-state index in [4.69, 9.17) is 4.52 Å². The van der Waals surface area contributed by atoms with E-state index >= 15 is 0 Å². The van der Waals surface area contributed by atoms with E-state index in [1.165, 1.54) is 10.8 Å². The van der Waals surface area contributed by atoms with Crippen LogP contribution in [0.4, 0.5) is 0 Å². The van der Waals surface area contributed by atoms with Gasteiger partial charge in [0.1, 0.15) is 6.26 Å². The maximum Gasteiger partial charge on any atom is 0.128 e. The Bertz CT molecular complexity index is 257. The van der Waals surface area contributed by atoms with E-state index in [9.17, 15) is 0 Å². The van der Waals surface area contributed by atoms with Crippen molar-refractivity contribution in [3.63, 3.8) is 0 Å². The number of hydrogen-bond donors (Lipinski definition) is 1. The number of nitrogens with zero attached hydrogens (tertiary/aromatic N) is 1. The van der Waals surface area contributed by atoms with Crippen molar-refractivity contribution >= 4 is 22.5 Å². The van der Waals surface area contributed by atoms with Crippen LogP contribution in [0.15, 0.2) is 10.8 Å². The summed E-state index contributed by atoms with van der Waals surface area (Å²) < 4.78 is 4.91. The second-order valence-electron chi connectivity index (χ2n) is 3.13. The SMILES string of the molecule is CCc1nocc1C(C)(C)SS. The summed E-state index contributed by atoms with van der Waals surface area (Å²) in [6.07, 6.45) is 2.62. The Kier molecular flexibility index (Phi) is 3.12. The molecule has 0 saturated heterocycles. The summed E-state index contributed by atoms with van der Waals surface area (Å²) in [4.78, 5) is 0. The highest BCUT2D eigenvalue weighted by molar-refractivity contribution is 8.68. The molecule has 1 rings (SSSR count). The van der Waals surface area contributed by atoms with E-state index in [1.807, 2.05) is 0 Å². The highest BCUT2D eigenvalue weighted by Gasteiger charge is 2.25. The minimum Gasteiger partial charge on any atom is -0.364 e. The van der Waals surface area contributed by atoms with Crippen LogP contribution >= 0.6 is 22.5 Å². The lowest BCUT2D eigenvalue weighted by Crippen LogP contribution is -2.11. The molecule has 0 unspecified atom stereocenters. The van der Waals surface area contributed by atoms with Crippen molar-refractivity contribution in [3.8, 4) is 0 Å². The predicted molar refractivity (Wildman–Crippen MR) is 55.5 cm³/mol. The molecule has 1 heterocycles. The van der Waals surface area contributed by atoms with Crippen LogP contribution in [0.25, 0.3) is 0 Å². The van der Waals surface area contributed by atoms with E-state index in [1.54, 1.807) is 6.26 Å². The monoisotopic (exact) mass is 203 g/mol. The fourth-order valence-electron chi connectivity index (χ4n) is 1.05. The van der Waals surface area contributed by atoms with Crippen molar-refractivity contribution < 1.29 is 4.52 Å². The number of aromatic nitrogens is 1. The molecule has 0 bridgehead atoms. The van der Waals surface area contributed by atoms with Crippen molar-refractivity contribution in [2.24, 2.45) is 0 Å². The summed E-state index contributed by atoms with van der Waals surface area (Å²) >= 11 is 4.22. The van der Waals surface area contributed by atoms with Gasteiger partial charge in [0, 0.05) is 5.56 Å². The largest absolute Gasteiger partial charge is 0.364 e. The van der Waals surface area contributed by atoms with Crippen molar-refractivity contribution in [2.75, 3.05) is 0 Å². The fraction of sp³-hybridized carbons (Fsp3) is 0.625. The van der Waals surface area contributed by atoms with Gasteiger partial charge < -0.3 is 4.52 Å². The minimum atomic E-state index is -0.0194. The molecular weight excluding hydrogens is 190 g/mol. The van der Waals surface area contributed by atoms with Crippen molar-refractivity contribution in [3.05, 3.63) is 17.5 Å². The third-order valence-electron chi connectivity index (χ3n) is 1.86. The van der Waals surface area contributed by atoms with Crippen LogP contribution in [0.2, 0.25) is 0 Å². The van der Waals surface area contributed by atoms with Crippen molar-refractivity contribution in [1.29, 1.82) is 0 Å². The second-order valence-corrected chi connectivity index (χ2v) is 4.88. The first-order valence-electron chi connectivity index (χ1n) is 3.88. The van der Waals surface area contributed by atoms with Crippen molar-refractivity contribution in [2.45, 2.75) is 31.9 Å². The van der Waals surface area contributed by atoms with Crippen LogP contribution in [0, 0.1) is 0 Å². The Balaban J connectivity index is 3.00. The minimum absolute atomic E-state index is 0.0194. The van der Waals surface area contributed by atoms with Crippen LogP contribution < -0.4 is 0 Å². The van der Waals surface area contributed by atoms with E-state index in [-0.39, 0.29) is 4.75 Å².